The molecule has 1 aliphatic carbocycles. The molecule has 1 saturated carbocycles. The van der Waals surface area contributed by atoms with E-state index < -0.39 is 0 Å². The number of hydrogen-bond donors (Lipinski definition) is 1. The molecule has 0 aromatic heterocycles. The van der Waals surface area contributed by atoms with Gasteiger partial charge in [-0.1, -0.05) is 110 Å². The number of nitrogens with one attached hydrogen (secondary N) is 1. The molecule has 0 bridgehead atoms. The maximum atomic E-state index is 11.7. The van der Waals surface area contributed by atoms with Crippen molar-refractivity contribution >= 4 is 6.09 Å². The van der Waals surface area contributed by atoms with Crippen molar-refractivity contribution in [2.24, 2.45) is 0 Å². The molecule has 0 heterocycles. The van der Waals surface area contributed by atoms with Crippen LogP contribution >= 0.6 is 0 Å². The second-order valence-corrected chi connectivity index (χ2v) is 8.21. The van der Waals surface area contributed by atoms with Crippen LogP contribution in [0.5, 0.6) is 0 Å². The predicted octanol–water partition coefficient (Wildman–Crippen LogP) is 7.53. The van der Waals surface area contributed by atoms with Gasteiger partial charge in [-0.15, -0.1) is 0 Å². The highest BCUT2D eigenvalue weighted by atomic mass is 16.5. The van der Waals surface area contributed by atoms with Crippen molar-refractivity contribution in [3.8, 4) is 0 Å². The zero-order valence-electron chi connectivity index (χ0n) is 17.5. The van der Waals surface area contributed by atoms with Gasteiger partial charge in [0.1, 0.15) is 0 Å². The van der Waals surface area contributed by atoms with Gasteiger partial charge in [-0.05, 0) is 19.3 Å². The van der Waals surface area contributed by atoms with Crippen molar-refractivity contribution in [3.63, 3.8) is 0 Å². The van der Waals surface area contributed by atoms with Crippen molar-refractivity contribution in [1.82, 2.24) is 5.32 Å². The normalized spacial score (nSPS) is 15.1. The summed E-state index contributed by atoms with van der Waals surface area (Å²) in [5, 5.41) is 3.01. The van der Waals surface area contributed by atoms with Crippen molar-refractivity contribution in [3.05, 3.63) is 0 Å². The fourth-order valence-electron chi connectivity index (χ4n) is 3.92. The predicted molar refractivity (Wildman–Crippen MR) is 112 cm³/mol. The largest absolute Gasteiger partial charge is 0.450 e. The third kappa shape index (κ3) is 14.4. The highest BCUT2D eigenvalue weighted by Gasteiger charge is 2.15. The van der Waals surface area contributed by atoms with Gasteiger partial charge in [0.2, 0.25) is 0 Å². The number of amides is 1. The summed E-state index contributed by atoms with van der Waals surface area (Å²) in [6.07, 6.45) is 24.8. The topological polar surface area (TPSA) is 38.3 Å². The molecule has 3 heteroatoms. The summed E-state index contributed by atoms with van der Waals surface area (Å²) in [6, 6.07) is 0.354. The number of ether oxygens (including phenoxy) is 1. The molecule has 1 fully saturated rings. The average Bonchev–Trinajstić information content (AvgIpc) is 2.65. The van der Waals surface area contributed by atoms with Gasteiger partial charge in [0.25, 0.3) is 0 Å². The molecule has 26 heavy (non-hydrogen) atoms. The minimum absolute atomic E-state index is 0.202. The average molecular weight is 368 g/mol. The lowest BCUT2D eigenvalue weighted by atomic mass is 9.96. The highest BCUT2D eigenvalue weighted by molar-refractivity contribution is 5.67. The lowest BCUT2D eigenvalue weighted by Gasteiger charge is -2.22. The van der Waals surface area contributed by atoms with Gasteiger partial charge in [0.05, 0.1) is 6.61 Å². The van der Waals surface area contributed by atoms with E-state index in [9.17, 15) is 4.79 Å². The SMILES string of the molecule is CCCCCCCCCCCCCCCCOC(=O)NC1CCCCC1. The molecule has 0 atom stereocenters. The molecule has 0 aromatic carbocycles. The Morgan fingerprint density at radius 3 is 1.69 bits per heavy atom. The van der Waals surface area contributed by atoms with Crippen LogP contribution in [0.2, 0.25) is 0 Å². The Kier molecular flexibility index (Phi) is 15.8. The number of hydrogen-bond acceptors (Lipinski definition) is 2. The molecule has 1 rings (SSSR count). The third-order valence-corrected chi connectivity index (χ3v) is 5.66. The van der Waals surface area contributed by atoms with E-state index >= 15 is 0 Å². The van der Waals surface area contributed by atoms with Crippen LogP contribution in [0.15, 0.2) is 0 Å². The Bertz CT molecular complexity index is 313. The Balaban J connectivity index is 1.73. The molecule has 154 valence electrons. The van der Waals surface area contributed by atoms with Crippen LogP contribution in [-0.2, 0) is 4.74 Å². The first kappa shape index (κ1) is 23.3. The zero-order chi connectivity index (χ0) is 18.7. The Hall–Kier alpha value is -0.730. The summed E-state index contributed by atoms with van der Waals surface area (Å²) in [5.74, 6) is 0. The Labute approximate surface area is 163 Å². The smallest absolute Gasteiger partial charge is 0.407 e. The number of carbonyl (C=O) groups excluding carboxylic acids is 1. The molecule has 0 aromatic rings. The number of unbranched alkanes of at least 4 members (excludes halogenated alkanes) is 13. The Morgan fingerprint density at radius 1 is 0.731 bits per heavy atom. The summed E-state index contributed by atoms with van der Waals surface area (Å²) < 4.78 is 5.30. The minimum Gasteiger partial charge on any atom is -0.450 e. The van der Waals surface area contributed by atoms with Crippen molar-refractivity contribution < 1.29 is 9.53 Å². The first-order valence-corrected chi connectivity index (χ1v) is 11.8. The first-order chi connectivity index (χ1) is 12.8. The van der Waals surface area contributed by atoms with E-state index in [1.807, 2.05) is 0 Å². The lowest BCUT2D eigenvalue weighted by molar-refractivity contribution is 0.137. The molecule has 0 radical (unpaired) electrons. The zero-order valence-corrected chi connectivity index (χ0v) is 17.5. The van der Waals surface area contributed by atoms with Crippen molar-refractivity contribution in [2.75, 3.05) is 6.61 Å². The molecule has 0 aliphatic heterocycles. The fourth-order valence-corrected chi connectivity index (χ4v) is 3.92. The molecule has 3 nitrogen and oxygen atoms in total. The van der Waals surface area contributed by atoms with E-state index in [1.165, 1.54) is 103 Å². The van der Waals surface area contributed by atoms with Crippen LogP contribution in [0.4, 0.5) is 4.79 Å². The van der Waals surface area contributed by atoms with E-state index in [1.54, 1.807) is 0 Å². The molecule has 1 N–H and O–H groups in total. The van der Waals surface area contributed by atoms with Crippen molar-refractivity contribution in [1.29, 1.82) is 0 Å². The maximum Gasteiger partial charge on any atom is 0.407 e. The standard InChI is InChI=1S/C23H45NO2/c1-2-3-4-5-6-7-8-9-10-11-12-13-14-18-21-26-23(25)24-22-19-16-15-17-20-22/h22H,2-21H2,1H3,(H,24,25). The summed E-state index contributed by atoms with van der Waals surface area (Å²) >= 11 is 0. The molecule has 0 unspecified atom stereocenters. The Morgan fingerprint density at radius 2 is 1.19 bits per heavy atom. The van der Waals surface area contributed by atoms with Gasteiger partial charge in [-0.2, -0.15) is 0 Å². The van der Waals surface area contributed by atoms with Gasteiger partial charge < -0.3 is 10.1 Å². The molecule has 0 saturated heterocycles. The van der Waals surface area contributed by atoms with Crippen LogP contribution in [0.3, 0.4) is 0 Å². The third-order valence-electron chi connectivity index (χ3n) is 5.66. The van der Waals surface area contributed by atoms with E-state index in [0.717, 1.165) is 19.3 Å². The second kappa shape index (κ2) is 17.7. The second-order valence-electron chi connectivity index (χ2n) is 8.21. The quantitative estimate of drug-likeness (QED) is 0.286. The van der Waals surface area contributed by atoms with E-state index in [4.69, 9.17) is 4.74 Å². The molecule has 1 amide bonds. The maximum absolute atomic E-state index is 11.7. The lowest BCUT2D eigenvalue weighted by Crippen LogP contribution is -2.36. The molecule has 1 aliphatic rings. The van der Waals surface area contributed by atoms with Gasteiger partial charge in [-0.25, -0.2) is 4.79 Å². The molecular formula is C23H45NO2. The summed E-state index contributed by atoms with van der Waals surface area (Å²) in [7, 11) is 0. The number of carbonyl (C=O) groups is 1. The summed E-state index contributed by atoms with van der Waals surface area (Å²) in [5.41, 5.74) is 0. The van der Waals surface area contributed by atoms with Gasteiger partial charge >= 0.3 is 6.09 Å². The van der Waals surface area contributed by atoms with Gasteiger partial charge in [0, 0.05) is 6.04 Å². The van der Waals surface area contributed by atoms with Gasteiger partial charge in [-0.3, -0.25) is 0 Å². The highest BCUT2D eigenvalue weighted by Crippen LogP contribution is 2.17. The summed E-state index contributed by atoms with van der Waals surface area (Å²) in [6.45, 7) is 2.86. The van der Waals surface area contributed by atoms with Crippen LogP contribution < -0.4 is 5.32 Å². The first-order valence-electron chi connectivity index (χ1n) is 11.8. The van der Waals surface area contributed by atoms with Crippen LogP contribution in [0.1, 0.15) is 129 Å². The van der Waals surface area contributed by atoms with Crippen LogP contribution in [0.25, 0.3) is 0 Å². The molecular weight excluding hydrogens is 322 g/mol. The van der Waals surface area contributed by atoms with Crippen LogP contribution in [0, 0.1) is 0 Å². The van der Waals surface area contributed by atoms with Gasteiger partial charge in [0.15, 0.2) is 0 Å². The number of alkyl carbamates (subject to hydrolysis) is 1. The number of rotatable bonds is 16. The molecule has 0 spiro atoms. The van der Waals surface area contributed by atoms with Crippen LogP contribution in [-0.4, -0.2) is 18.7 Å². The fraction of sp³-hybridized carbons (Fsp3) is 0.957. The van der Waals surface area contributed by atoms with E-state index in [2.05, 4.69) is 12.2 Å². The summed E-state index contributed by atoms with van der Waals surface area (Å²) in [4.78, 5) is 11.7. The van der Waals surface area contributed by atoms with Crippen molar-refractivity contribution in [2.45, 2.75) is 135 Å². The monoisotopic (exact) mass is 367 g/mol. The minimum atomic E-state index is -0.202. The van der Waals surface area contributed by atoms with E-state index in [-0.39, 0.29) is 6.09 Å². The van der Waals surface area contributed by atoms with E-state index in [0.29, 0.717) is 12.6 Å².